The minimum absolute atomic E-state index is 0.0118. The molecule has 0 aromatic heterocycles. The van der Waals surface area contributed by atoms with Crippen LogP contribution in [0.1, 0.15) is 26.7 Å². The van der Waals surface area contributed by atoms with Gasteiger partial charge in [-0.25, -0.2) is 8.32 Å². The molecule has 1 atom stereocenters. The summed E-state index contributed by atoms with van der Waals surface area (Å²) in [5.41, 5.74) is 0.270. The van der Waals surface area contributed by atoms with Crippen LogP contribution in [-0.4, -0.2) is 47.3 Å². The lowest BCUT2D eigenvalue weighted by atomic mass is 10.0. The van der Waals surface area contributed by atoms with Crippen molar-refractivity contribution < 1.29 is 24.6 Å². The Hall–Kier alpha value is -1.20. The summed E-state index contributed by atoms with van der Waals surface area (Å²) in [7, 11) is 0. The Morgan fingerprint density at radius 2 is 1.67 bits per heavy atom. The normalized spacial score (nSPS) is 13.1. The molecule has 0 spiro atoms. The Morgan fingerprint density at radius 3 is 2.14 bits per heavy atom. The van der Waals surface area contributed by atoms with Gasteiger partial charge in [0, 0.05) is 54.9 Å². The highest BCUT2D eigenvalue weighted by atomic mass is 127. The molecule has 0 radical (unpaired) electrons. The fraction of sp³-hybridized carbons (Fsp3) is 0.583. The molecule has 9 heteroatoms. The quantitative estimate of drug-likeness (QED) is 0.116. The van der Waals surface area contributed by atoms with Gasteiger partial charge in [-0.05, 0) is 18.9 Å². The van der Waals surface area contributed by atoms with Crippen molar-refractivity contribution in [3.8, 4) is 0 Å². The zero-order valence-corrected chi connectivity index (χ0v) is 14.1. The number of carboxylic acid groups (broad SMARTS) is 1. The molecule has 0 aromatic rings. The number of carbonyl (C=O) groups is 3. The lowest BCUT2D eigenvalue weighted by Crippen LogP contribution is -2.34. The van der Waals surface area contributed by atoms with Crippen LogP contribution in [0, 0.1) is 0 Å². The van der Waals surface area contributed by atoms with Crippen molar-refractivity contribution in [3.05, 3.63) is 11.1 Å². The molecular formula is C12H20IN3O5. The molecule has 0 saturated heterocycles. The summed E-state index contributed by atoms with van der Waals surface area (Å²) in [5, 5.41) is 23.8. The number of hydrogen-bond donors (Lipinski definition) is 5. The Balaban J connectivity index is 4.37. The van der Waals surface area contributed by atoms with Gasteiger partial charge >= 0.3 is 5.97 Å². The molecule has 1 unspecified atom stereocenters. The van der Waals surface area contributed by atoms with Crippen molar-refractivity contribution in [3.63, 3.8) is 0 Å². The summed E-state index contributed by atoms with van der Waals surface area (Å²) in [6, 6.07) is 0. The fourth-order valence-corrected chi connectivity index (χ4v) is 1.89. The zero-order valence-electron chi connectivity index (χ0n) is 11.9. The van der Waals surface area contributed by atoms with Crippen molar-refractivity contribution in [1.29, 1.82) is 0 Å². The van der Waals surface area contributed by atoms with Gasteiger partial charge in [-0.1, -0.05) is 0 Å². The van der Waals surface area contributed by atoms with E-state index in [0.29, 0.717) is 13.1 Å². The van der Waals surface area contributed by atoms with E-state index < -0.39 is 12.2 Å². The van der Waals surface area contributed by atoms with E-state index in [2.05, 4.69) is 14.2 Å². The molecule has 0 bridgehead atoms. The maximum atomic E-state index is 11.6. The van der Waals surface area contributed by atoms with Gasteiger partial charge in [-0.15, -0.1) is 0 Å². The van der Waals surface area contributed by atoms with Gasteiger partial charge in [0.1, 0.15) is 6.23 Å². The monoisotopic (exact) mass is 413 g/mol. The lowest BCUT2D eigenvalue weighted by molar-refractivity contribution is -0.132. The second kappa shape index (κ2) is 10.5. The Morgan fingerprint density at radius 1 is 1.10 bits per heavy atom. The highest BCUT2D eigenvalue weighted by Crippen LogP contribution is 2.15. The molecule has 5 N–H and O–H groups in total. The van der Waals surface area contributed by atoms with Gasteiger partial charge in [-0.3, -0.25) is 9.59 Å². The highest BCUT2D eigenvalue weighted by Gasteiger charge is 2.17. The van der Waals surface area contributed by atoms with Crippen LogP contribution in [0.2, 0.25) is 0 Å². The summed E-state index contributed by atoms with van der Waals surface area (Å²) >= 11 is 1.71. The molecule has 2 amide bonds. The molecule has 0 rings (SSSR count). The average molecular weight is 413 g/mol. The molecular weight excluding hydrogens is 393 g/mol. The molecule has 8 nitrogen and oxygen atoms in total. The smallest absolute Gasteiger partial charge is 0.331 e. The first kappa shape index (κ1) is 19.8. The number of nitrogens with one attached hydrogen (secondary N) is 3. The molecule has 0 aliphatic heterocycles. The third-order valence-electron chi connectivity index (χ3n) is 2.68. The van der Waals surface area contributed by atoms with Gasteiger partial charge in [-0.2, -0.15) is 0 Å². The average Bonchev–Trinajstić information content (AvgIpc) is 2.42. The van der Waals surface area contributed by atoms with Crippen LogP contribution in [0.3, 0.4) is 0 Å². The van der Waals surface area contributed by atoms with Gasteiger partial charge in [0.05, 0.1) is 0 Å². The minimum Gasteiger partial charge on any atom is -0.478 e. The van der Waals surface area contributed by atoms with Crippen molar-refractivity contribution in [2.75, 3.05) is 13.1 Å². The van der Waals surface area contributed by atoms with Crippen LogP contribution in [0.5, 0.6) is 0 Å². The van der Waals surface area contributed by atoms with Crippen molar-refractivity contribution in [2.45, 2.75) is 32.9 Å². The predicted octanol–water partition coefficient (Wildman–Crippen LogP) is -0.322. The fourth-order valence-electron chi connectivity index (χ4n) is 1.51. The topological polar surface area (TPSA) is 128 Å². The minimum atomic E-state index is -1.14. The lowest BCUT2D eigenvalue weighted by Gasteiger charge is -2.15. The zero-order chi connectivity index (χ0) is 16.4. The second-order valence-corrected chi connectivity index (χ2v) is 4.92. The summed E-state index contributed by atoms with van der Waals surface area (Å²) in [4.78, 5) is 33.2. The molecule has 0 aliphatic carbocycles. The summed E-state index contributed by atoms with van der Waals surface area (Å²) in [5.74, 6) is -1.60. The van der Waals surface area contributed by atoms with E-state index in [4.69, 9.17) is 5.11 Å². The van der Waals surface area contributed by atoms with Crippen LogP contribution in [0.25, 0.3) is 0 Å². The number of aliphatic hydroxyl groups is 1. The van der Waals surface area contributed by atoms with Crippen LogP contribution < -0.4 is 14.2 Å². The second-order valence-electron chi connectivity index (χ2n) is 4.30. The van der Waals surface area contributed by atoms with Gasteiger partial charge < -0.3 is 20.8 Å². The Kier molecular flexibility index (Phi) is 9.91. The third-order valence-corrected chi connectivity index (χ3v) is 3.27. The first-order chi connectivity index (χ1) is 9.79. The van der Waals surface area contributed by atoms with Crippen molar-refractivity contribution in [2.24, 2.45) is 0 Å². The van der Waals surface area contributed by atoms with Crippen molar-refractivity contribution in [1.82, 2.24) is 14.2 Å². The largest absolute Gasteiger partial charge is 0.478 e. The van der Waals surface area contributed by atoms with Gasteiger partial charge in [0.2, 0.25) is 11.8 Å². The maximum absolute atomic E-state index is 11.6. The number of aliphatic carboxylic acids is 1. The standard InChI is InChI=1S/C12H20IN3O5/c1-7(12(20)21)9(11(19)16-13)3-4-10(18)15-6-5-14-8(2)17/h11,16,19H,3-6H2,1-2H3,(H,14,17)(H,15,18)(H,20,21)/b9-7-. The summed E-state index contributed by atoms with van der Waals surface area (Å²) in [6.45, 7) is 3.38. The van der Waals surface area contributed by atoms with E-state index in [9.17, 15) is 19.5 Å². The molecule has 0 fully saturated rings. The number of hydrogen-bond acceptors (Lipinski definition) is 5. The Labute approximate surface area is 136 Å². The number of amides is 2. The van der Waals surface area contributed by atoms with E-state index in [1.165, 1.54) is 13.8 Å². The molecule has 0 saturated carbocycles. The molecule has 0 aromatic carbocycles. The maximum Gasteiger partial charge on any atom is 0.331 e. The van der Waals surface area contributed by atoms with Crippen molar-refractivity contribution >= 4 is 40.6 Å². The van der Waals surface area contributed by atoms with Crippen LogP contribution in [0.15, 0.2) is 11.1 Å². The van der Waals surface area contributed by atoms with E-state index in [1.807, 2.05) is 0 Å². The van der Waals surface area contributed by atoms with Crippen LogP contribution in [-0.2, 0) is 14.4 Å². The number of carboxylic acids is 1. The summed E-state index contributed by atoms with van der Waals surface area (Å²) < 4.78 is 2.51. The SMILES string of the molecule is CC(=O)NCCNC(=O)CC/C(=C(\C)C(=O)O)C(O)NI. The number of halogens is 1. The third kappa shape index (κ3) is 8.63. The first-order valence-corrected chi connectivity index (χ1v) is 7.35. The predicted molar refractivity (Wildman–Crippen MR) is 84.4 cm³/mol. The van der Waals surface area contributed by atoms with Gasteiger partial charge in [0.25, 0.3) is 0 Å². The number of rotatable bonds is 9. The molecule has 21 heavy (non-hydrogen) atoms. The van der Waals surface area contributed by atoms with Crippen LogP contribution in [0.4, 0.5) is 0 Å². The van der Waals surface area contributed by atoms with E-state index >= 15 is 0 Å². The molecule has 0 heterocycles. The first-order valence-electron chi connectivity index (χ1n) is 6.27. The number of aliphatic hydroxyl groups excluding tert-OH is 1. The van der Waals surface area contributed by atoms with E-state index in [1.54, 1.807) is 22.9 Å². The van der Waals surface area contributed by atoms with E-state index in [-0.39, 0.29) is 35.8 Å². The molecule has 0 aliphatic rings. The van der Waals surface area contributed by atoms with E-state index in [0.717, 1.165) is 0 Å². The van der Waals surface area contributed by atoms with Gasteiger partial charge in [0.15, 0.2) is 0 Å². The number of carbonyl (C=O) groups excluding carboxylic acids is 2. The molecule has 120 valence electrons. The van der Waals surface area contributed by atoms with Crippen LogP contribution >= 0.6 is 22.9 Å². The highest BCUT2D eigenvalue weighted by molar-refractivity contribution is 14.1. The summed E-state index contributed by atoms with van der Waals surface area (Å²) in [6.07, 6.45) is -0.940. The Bertz CT molecular complexity index is 425.